The molecule has 0 aliphatic heterocycles. The van der Waals surface area contributed by atoms with E-state index in [1.54, 1.807) is 0 Å². The summed E-state index contributed by atoms with van der Waals surface area (Å²) in [6.07, 6.45) is -4.50. The highest BCUT2D eigenvalue weighted by atomic mass is 19.4. The Morgan fingerprint density at radius 1 is 1.27 bits per heavy atom. The molecule has 0 atom stereocenters. The van der Waals surface area contributed by atoms with Gasteiger partial charge in [0.1, 0.15) is 11.3 Å². The van der Waals surface area contributed by atoms with Crippen molar-refractivity contribution < 1.29 is 31.5 Å². The van der Waals surface area contributed by atoms with Gasteiger partial charge in [0.05, 0.1) is 12.8 Å². The van der Waals surface area contributed by atoms with Gasteiger partial charge in [0.25, 0.3) is 0 Å². The monoisotopic (exact) mass is 320 g/mol. The molecule has 2 aromatic rings. The summed E-state index contributed by atoms with van der Waals surface area (Å²) in [5, 5.41) is 3.29. The summed E-state index contributed by atoms with van der Waals surface area (Å²) in [4.78, 5) is 11.6. The fourth-order valence-electron chi connectivity index (χ4n) is 1.84. The van der Waals surface area contributed by atoms with E-state index in [1.165, 1.54) is 6.92 Å². The van der Waals surface area contributed by atoms with Crippen LogP contribution < -0.4 is 0 Å². The lowest BCUT2D eigenvalue weighted by molar-refractivity contribution is -0.143. The zero-order valence-electron chi connectivity index (χ0n) is 11.1. The molecular weight excluding hydrogens is 311 g/mol. The third-order valence-corrected chi connectivity index (χ3v) is 2.68. The SMILES string of the molecule is CCOC(=O)c1cnn(-c2c(F)cccc2F)c1C(F)(F)F. The summed E-state index contributed by atoms with van der Waals surface area (Å²) in [6.45, 7) is 1.25. The Kier molecular flexibility index (Phi) is 4.16. The van der Waals surface area contributed by atoms with Crippen molar-refractivity contribution in [3.63, 3.8) is 0 Å². The minimum Gasteiger partial charge on any atom is -0.462 e. The highest BCUT2D eigenvalue weighted by Crippen LogP contribution is 2.35. The Balaban J connectivity index is 2.71. The van der Waals surface area contributed by atoms with E-state index < -0.39 is 40.7 Å². The van der Waals surface area contributed by atoms with Crippen LogP contribution in [0.2, 0.25) is 0 Å². The first kappa shape index (κ1) is 15.9. The highest BCUT2D eigenvalue weighted by Gasteiger charge is 2.42. The van der Waals surface area contributed by atoms with Gasteiger partial charge < -0.3 is 4.74 Å². The first-order valence-corrected chi connectivity index (χ1v) is 6.04. The van der Waals surface area contributed by atoms with Crippen LogP contribution in [0.25, 0.3) is 5.69 Å². The summed E-state index contributed by atoms with van der Waals surface area (Å²) in [5.74, 6) is -3.77. The maximum Gasteiger partial charge on any atom is 0.434 e. The second kappa shape index (κ2) is 5.74. The van der Waals surface area contributed by atoms with Crippen LogP contribution in [-0.4, -0.2) is 22.4 Å². The summed E-state index contributed by atoms with van der Waals surface area (Å²) in [5.41, 5.74) is -3.54. The molecule has 1 aromatic carbocycles. The van der Waals surface area contributed by atoms with Crippen molar-refractivity contribution in [3.05, 3.63) is 47.3 Å². The van der Waals surface area contributed by atoms with Gasteiger partial charge in [0.2, 0.25) is 0 Å². The number of carbonyl (C=O) groups is 1. The molecule has 118 valence electrons. The number of carbonyl (C=O) groups excluding carboxylic acids is 1. The van der Waals surface area contributed by atoms with E-state index in [0.717, 1.165) is 18.2 Å². The molecule has 0 aliphatic carbocycles. The van der Waals surface area contributed by atoms with Gasteiger partial charge in [-0.3, -0.25) is 0 Å². The van der Waals surface area contributed by atoms with Crippen molar-refractivity contribution in [2.75, 3.05) is 6.61 Å². The predicted molar refractivity (Wildman–Crippen MR) is 64.4 cm³/mol. The standard InChI is InChI=1S/C13H9F5N2O2/c1-2-22-12(21)7-6-19-20(11(7)13(16,17)18)10-8(14)4-3-5-9(10)15/h3-6H,2H2,1H3. The Morgan fingerprint density at radius 3 is 2.36 bits per heavy atom. The molecule has 0 saturated heterocycles. The molecule has 4 nitrogen and oxygen atoms in total. The van der Waals surface area contributed by atoms with Crippen molar-refractivity contribution in [1.82, 2.24) is 9.78 Å². The molecule has 0 unspecified atom stereocenters. The van der Waals surface area contributed by atoms with E-state index in [2.05, 4.69) is 9.84 Å². The van der Waals surface area contributed by atoms with Crippen molar-refractivity contribution in [3.8, 4) is 5.69 Å². The number of aromatic nitrogens is 2. The molecule has 0 bridgehead atoms. The second-order valence-corrected chi connectivity index (χ2v) is 4.11. The maximum atomic E-state index is 13.7. The lowest BCUT2D eigenvalue weighted by Crippen LogP contribution is -2.19. The molecule has 0 saturated carbocycles. The predicted octanol–water partition coefficient (Wildman–Crippen LogP) is 3.35. The van der Waals surface area contributed by atoms with Gasteiger partial charge in [-0.05, 0) is 19.1 Å². The van der Waals surface area contributed by atoms with Gasteiger partial charge in [0.15, 0.2) is 17.3 Å². The summed E-state index contributed by atoms with van der Waals surface area (Å²) < 4.78 is 71.4. The average Bonchev–Trinajstić information content (AvgIpc) is 2.83. The Labute approximate surface area is 121 Å². The Hall–Kier alpha value is -2.45. The first-order chi connectivity index (χ1) is 10.3. The molecule has 22 heavy (non-hydrogen) atoms. The number of nitrogens with zero attached hydrogens (tertiary/aromatic N) is 2. The summed E-state index contributed by atoms with van der Waals surface area (Å²) in [6, 6.07) is 2.56. The fraction of sp³-hybridized carbons (Fsp3) is 0.231. The van der Waals surface area contributed by atoms with Crippen molar-refractivity contribution >= 4 is 5.97 Å². The minimum absolute atomic E-state index is 0.0108. The third-order valence-electron chi connectivity index (χ3n) is 2.68. The van der Waals surface area contributed by atoms with Gasteiger partial charge in [-0.15, -0.1) is 0 Å². The number of halogens is 5. The quantitative estimate of drug-likeness (QED) is 0.643. The summed E-state index contributed by atoms with van der Waals surface area (Å²) >= 11 is 0. The highest BCUT2D eigenvalue weighted by molar-refractivity contribution is 5.90. The molecule has 1 aromatic heterocycles. The molecule has 1 heterocycles. The van der Waals surface area contributed by atoms with Gasteiger partial charge in [-0.1, -0.05) is 6.07 Å². The average molecular weight is 320 g/mol. The van der Waals surface area contributed by atoms with Crippen LogP contribution in [0.3, 0.4) is 0 Å². The molecule has 0 N–H and O–H groups in total. The van der Waals surface area contributed by atoms with E-state index in [-0.39, 0.29) is 11.3 Å². The van der Waals surface area contributed by atoms with Crippen molar-refractivity contribution in [1.29, 1.82) is 0 Å². The first-order valence-electron chi connectivity index (χ1n) is 6.04. The molecule has 0 radical (unpaired) electrons. The van der Waals surface area contributed by atoms with Gasteiger partial charge in [-0.2, -0.15) is 18.3 Å². The van der Waals surface area contributed by atoms with Crippen LogP contribution in [0.15, 0.2) is 24.4 Å². The Bertz CT molecular complexity index is 689. The molecule has 0 amide bonds. The number of ether oxygens (including phenoxy) is 1. The largest absolute Gasteiger partial charge is 0.462 e. The topological polar surface area (TPSA) is 44.1 Å². The smallest absolute Gasteiger partial charge is 0.434 e. The van der Waals surface area contributed by atoms with E-state index in [9.17, 15) is 26.7 Å². The molecule has 0 fully saturated rings. The number of esters is 1. The number of hydrogen-bond donors (Lipinski definition) is 0. The number of benzene rings is 1. The van der Waals surface area contributed by atoms with Crippen LogP contribution in [0, 0.1) is 11.6 Å². The van der Waals surface area contributed by atoms with E-state index in [4.69, 9.17) is 0 Å². The van der Waals surface area contributed by atoms with Crippen LogP contribution in [0.1, 0.15) is 23.0 Å². The Morgan fingerprint density at radius 2 is 1.86 bits per heavy atom. The third kappa shape index (κ3) is 2.78. The van der Waals surface area contributed by atoms with Crippen LogP contribution >= 0.6 is 0 Å². The van der Waals surface area contributed by atoms with Gasteiger partial charge in [-0.25, -0.2) is 18.3 Å². The lowest BCUT2D eigenvalue weighted by Gasteiger charge is -2.13. The van der Waals surface area contributed by atoms with E-state index in [1.807, 2.05) is 0 Å². The molecule has 9 heteroatoms. The van der Waals surface area contributed by atoms with Crippen LogP contribution in [0.5, 0.6) is 0 Å². The molecule has 0 aliphatic rings. The fourth-order valence-corrected chi connectivity index (χ4v) is 1.84. The van der Waals surface area contributed by atoms with E-state index >= 15 is 0 Å². The number of para-hydroxylation sites is 1. The minimum atomic E-state index is -5.06. The molecule has 0 spiro atoms. The van der Waals surface area contributed by atoms with Gasteiger partial charge in [0, 0.05) is 0 Å². The van der Waals surface area contributed by atoms with Crippen LogP contribution in [-0.2, 0) is 10.9 Å². The molecular formula is C13H9F5N2O2. The van der Waals surface area contributed by atoms with Gasteiger partial charge >= 0.3 is 12.1 Å². The van der Waals surface area contributed by atoms with Crippen LogP contribution in [0.4, 0.5) is 22.0 Å². The molecule has 2 rings (SSSR count). The summed E-state index contributed by atoms with van der Waals surface area (Å²) in [7, 11) is 0. The lowest BCUT2D eigenvalue weighted by atomic mass is 10.2. The normalized spacial score (nSPS) is 11.5. The van der Waals surface area contributed by atoms with E-state index in [0.29, 0.717) is 6.20 Å². The number of alkyl halides is 3. The van der Waals surface area contributed by atoms with Crippen molar-refractivity contribution in [2.24, 2.45) is 0 Å². The second-order valence-electron chi connectivity index (χ2n) is 4.11. The number of rotatable bonds is 3. The zero-order chi connectivity index (χ0) is 16.5. The number of hydrogen-bond acceptors (Lipinski definition) is 3. The zero-order valence-corrected chi connectivity index (χ0v) is 11.1. The van der Waals surface area contributed by atoms with Crippen molar-refractivity contribution in [2.45, 2.75) is 13.1 Å². The maximum absolute atomic E-state index is 13.7.